The Morgan fingerprint density at radius 1 is 1.26 bits per heavy atom. The molecule has 23 heavy (non-hydrogen) atoms. The molecule has 7 nitrogen and oxygen atoms in total. The fourth-order valence-electron chi connectivity index (χ4n) is 3.20. The van der Waals surface area contributed by atoms with Crippen LogP contribution in [0.25, 0.3) is 0 Å². The topological polar surface area (TPSA) is 98.2 Å². The van der Waals surface area contributed by atoms with Gasteiger partial charge in [-0.05, 0) is 24.2 Å². The normalized spacial score (nSPS) is 16.9. The van der Waals surface area contributed by atoms with Crippen molar-refractivity contribution in [3.63, 3.8) is 0 Å². The summed E-state index contributed by atoms with van der Waals surface area (Å²) < 4.78 is 0. The van der Waals surface area contributed by atoms with Gasteiger partial charge in [-0.2, -0.15) is 0 Å². The lowest BCUT2D eigenvalue weighted by atomic mass is 9.84. The standard InChI is InChI=1S/C16H28N2O5/c1-16(2,3)14(15(21)22)18(10-12-6-4-5-7-12)13(20)8-9-17(23)11-19/h11-12,14,23H,4-10H2,1-3H3,(H,21,22). The van der Waals surface area contributed by atoms with E-state index >= 15 is 0 Å². The Labute approximate surface area is 137 Å². The molecule has 1 saturated carbocycles. The van der Waals surface area contributed by atoms with E-state index in [0.717, 1.165) is 25.7 Å². The van der Waals surface area contributed by atoms with Crippen molar-refractivity contribution >= 4 is 18.3 Å². The van der Waals surface area contributed by atoms with Crippen molar-refractivity contribution in [1.29, 1.82) is 0 Å². The van der Waals surface area contributed by atoms with Crippen LogP contribution in [0.1, 0.15) is 52.9 Å². The summed E-state index contributed by atoms with van der Waals surface area (Å²) in [6.07, 6.45) is 4.35. The first kappa shape index (κ1) is 19.4. The number of carbonyl (C=O) groups excluding carboxylic acids is 2. The van der Waals surface area contributed by atoms with Gasteiger partial charge in [-0.3, -0.25) is 14.8 Å². The predicted octanol–water partition coefficient (Wildman–Crippen LogP) is 1.74. The fourth-order valence-corrected chi connectivity index (χ4v) is 3.20. The molecule has 0 aromatic carbocycles. The smallest absolute Gasteiger partial charge is 0.326 e. The van der Waals surface area contributed by atoms with Crippen molar-refractivity contribution in [2.24, 2.45) is 11.3 Å². The summed E-state index contributed by atoms with van der Waals surface area (Å²) in [5.74, 6) is -1.06. The molecular weight excluding hydrogens is 300 g/mol. The van der Waals surface area contributed by atoms with Crippen molar-refractivity contribution in [2.45, 2.75) is 58.9 Å². The van der Waals surface area contributed by atoms with Gasteiger partial charge in [-0.15, -0.1) is 0 Å². The monoisotopic (exact) mass is 328 g/mol. The molecule has 0 spiro atoms. The average molecular weight is 328 g/mol. The van der Waals surface area contributed by atoms with Gasteiger partial charge in [-0.1, -0.05) is 33.6 Å². The molecule has 1 atom stereocenters. The molecule has 0 heterocycles. The largest absolute Gasteiger partial charge is 0.480 e. The van der Waals surface area contributed by atoms with Crippen LogP contribution in [-0.4, -0.2) is 57.7 Å². The van der Waals surface area contributed by atoms with Crippen LogP contribution in [0, 0.1) is 11.3 Å². The van der Waals surface area contributed by atoms with E-state index < -0.39 is 17.4 Å². The quantitative estimate of drug-likeness (QED) is 0.402. The van der Waals surface area contributed by atoms with Gasteiger partial charge in [0.05, 0.1) is 6.54 Å². The summed E-state index contributed by atoms with van der Waals surface area (Å²) in [4.78, 5) is 36.2. The lowest BCUT2D eigenvalue weighted by molar-refractivity contribution is -0.159. The van der Waals surface area contributed by atoms with Gasteiger partial charge in [0.2, 0.25) is 12.3 Å². The molecule has 0 radical (unpaired) electrons. The number of carboxylic acids is 1. The number of amides is 2. The van der Waals surface area contributed by atoms with Crippen LogP contribution in [0.3, 0.4) is 0 Å². The number of nitrogens with zero attached hydrogens (tertiary/aromatic N) is 2. The SMILES string of the molecule is CC(C)(C)C(C(=O)O)N(CC1CCCC1)C(=O)CCN(O)C=O. The lowest BCUT2D eigenvalue weighted by Gasteiger charge is -2.38. The first-order valence-electron chi connectivity index (χ1n) is 8.10. The van der Waals surface area contributed by atoms with Crippen molar-refractivity contribution < 1.29 is 24.7 Å². The Kier molecular flexibility index (Phi) is 7.00. The minimum absolute atomic E-state index is 0.0954. The molecule has 0 aromatic heterocycles. The number of hydroxylamine groups is 2. The summed E-state index contributed by atoms with van der Waals surface area (Å²) >= 11 is 0. The van der Waals surface area contributed by atoms with Gasteiger partial charge in [0.25, 0.3) is 0 Å². The summed E-state index contributed by atoms with van der Waals surface area (Å²) in [7, 11) is 0. The maximum Gasteiger partial charge on any atom is 0.326 e. The van der Waals surface area contributed by atoms with Crippen molar-refractivity contribution in [1.82, 2.24) is 9.96 Å². The molecule has 0 saturated heterocycles. The van der Waals surface area contributed by atoms with Gasteiger partial charge in [0, 0.05) is 13.0 Å². The number of carboxylic acid groups (broad SMARTS) is 1. The minimum Gasteiger partial charge on any atom is -0.480 e. The molecule has 7 heteroatoms. The average Bonchev–Trinajstić information content (AvgIpc) is 2.94. The van der Waals surface area contributed by atoms with E-state index in [1.807, 2.05) is 0 Å². The van der Waals surface area contributed by atoms with Crippen LogP contribution < -0.4 is 0 Å². The highest BCUT2D eigenvalue weighted by Crippen LogP contribution is 2.30. The molecule has 0 aromatic rings. The molecule has 1 unspecified atom stereocenters. The fraction of sp³-hybridized carbons (Fsp3) is 0.812. The summed E-state index contributed by atoms with van der Waals surface area (Å²) in [6.45, 7) is 5.67. The lowest BCUT2D eigenvalue weighted by Crippen LogP contribution is -2.53. The molecule has 1 aliphatic carbocycles. The van der Waals surface area contributed by atoms with E-state index in [1.165, 1.54) is 4.90 Å². The highest BCUT2D eigenvalue weighted by atomic mass is 16.5. The van der Waals surface area contributed by atoms with Gasteiger partial charge in [0.15, 0.2) is 0 Å². The highest BCUT2D eigenvalue weighted by Gasteiger charge is 2.40. The molecule has 2 N–H and O–H groups in total. The maximum absolute atomic E-state index is 12.6. The van der Waals surface area contributed by atoms with Crippen LogP contribution >= 0.6 is 0 Å². The molecule has 2 amide bonds. The Bertz CT molecular complexity index is 427. The number of hydrogen-bond donors (Lipinski definition) is 2. The molecule has 1 fully saturated rings. The molecule has 1 aliphatic rings. The minimum atomic E-state index is -1.03. The van der Waals surface area contributed by atoms with Gasteiger partial charge in [-0.25, -0.2) is 9.86 Å². The van der Waals surface area contributed by atoms with Crippen LogP contribution in [0.15, 0.2) is 0 Å². The van der Waals surface area contributed by atoms with Crippen LogP contribution in [0.2, 0.25) is 0 Å². The number of rotatable bonds is 8. The number of carbonyl (C=O) groups is 3. The van der Waals surface area contributed by atoms with Crippen molar-refractivity contribution in [3.05, 3.63) is 0 Å². The second kappa shape index (κ2) is 8.29. The Hall–Kier alpha value is -1.63. The van der Waals surface area contributed by atoms with E-state index in [1.54, 1.807) is 20.8 Å². The van der Waals surface area contributed by atoms with Crippen LogP contribution in [0.5, 0.6) is 0 Å². The van der Waals surface area contributed by atoms with E-state index in [9.17, 15) is 19.5 Å². The zero-order valence-corrected chi connectivity index (χ0v) is 14.2. The molecule has 1 rings (SSSR count). The van der Waals surface area contributed by atoms with Crippen LogP contribution in [0.4, 0.5) is 0 Å². The zero-order valence-electron chi connectivity index (χ0n) is 14.2. The summed E-state index contributed by atoms with van der Waals surface area (Å²) in [6, 6.07) is -0.932. The third-order valence-electron chi connectivity index (χ3n) is 4.29. The van der Waals surface area contributed by atoms with Gasteiger partial charge in [0.1, 0.15) is 6.04 Å². The van der Waals surface area contributed by atoms with Crippen molar-refractivity contribution in [2.75, 3.05) is 13.1 Å². The third kappa shape index (κ3) is 5.82. The third-order valence-corrected chi connectivity index (χ3v) is 4.29. The Morgan fingerprint density at radius 3 is 2.26 bits per heavy atom. The number of hydrogen-bond acceptors (Lipinski definition) is 4. The highest BCUT2D eigenvalue weighted by molar-refractivity contribution is 5.84. The maximum atomic E-state index is 12.6. The first-order valence-corrected chi connectivity index (χ1v) is 8.10. The summed E-state index contributed by atoms with van der Waals surface area (Å²) in [5, 5.41) is 19.2. The Morgan fingerprint density at radius 2 is 1.83 bits per heavy atom. The van der Waals surface area contributed by atoms with Gasteiger partial charge >= 0.3 is 5.97 Å². The van der Waals surface area contributed by atoms with Gasteiger partial charge < -0.3 is 10.0 Å². The second-order valence-electron chi connectivity index (χ2n) is 7.32. The Balaban J connectivity index is 2.91. The zero-order chi connectivity index (χ0) is 17.6. The van der Waals surface area contributed by atoms with Crippen molar-refractivity contribution in [3.8, 4) is 0 Å². The van der Waals surface area contributed by atoms with E-state index in [2.05, 4.69) is 0 Å². The summed E-state index contributed by atoms with van der Waals surface area (Å²) in [5.41, 5.74) is -0.607. The second-order valence-corrected chi connectivity index (χ2v) is 7.32. The first-order chi connectivity index (χ1) is 10.7. The molecule has 0 bridgehead atoms. The number of aliphatic carboxylic acids is 1. The van der Waals surface area contributed by atoms with Crippen LogP contribution in [-0.2, 0) is 14.4 Å². The van der Waals surface area contributed by atoms with E-state index in [0.29, 0.717) is 17.5 Å². The predicted molar refractivity (Wildman–Crippen MR) is 83.7 cm³/mol. The van der Waals surface area contributed by atoms with E-state index in [-0.39, 0.29) is 25.3 Å². The molecule has 132 valence electrons. The van der Waals surface area contributed by atoms with E-state index in [4.69, 9.17) is 5.21 Å². The molecular formula is C16H28N2O5. The molecule has 0 aliphatic heterocycles.